The summed E-state index contributed by atoms with van der Waals surface area (Å²) in [5.41, 5.74) is -1.08. The molecule has 1 aromatic carbocycles. The molecule has 8 heteroatoms. The van der Waals surface area contributed by atoms with E-state index in [0.717, 1.165) is 24.3 Å². The van der Waals surface area contributed by atoms with Crippen molar-refractivity contribution in [1.29, 1.82) is 0 Å². The second-order valence-electron chi connectivity index (χ2n) is 4.48. The van der Waals surface area contributed by atoms with E-state index in [0.29, 0.717) is 6.42 Å². The van der Waals surface area contributed by atoms with Crippen LogP contribution < -0.4 is 10.1 Å². The predicted octanol–water partition coefficient (Wildman–Crippen LogP) is 1.45. The van der Waals surface area contributed by atoms with Gasteiger partial charge in [-0.3, -0.25) is 4.79 Å². The van der Waals surface area contributed by atoms with Crippen molar-refractivity contribution >= 4 is 5.91 Å². The van der Waals surface area contributed by atoms with Crippen molar-refractivity contribution in [3.8, 4) is 5.75 Å². The third kappa shape index (κ3) is 4.91. The third-order valence-corrected chi connectivity index (χ3v) is 3.01. The lowest BCUT2D eigenvalue weighted by molar-refractivity contribution is -0.274. The zero-order chi connectivity index (χ0) is 16.1. The molecule has 0 unspecified atom stereocenters. The minimum Gasteiger partial charge on any atom is -0.406 e. The zero-order valence-electron chi connectivity index (χ0n) is 11.3. The van der Waals surface area contributed by atoms with Crippen LogP contribution >= 0.6 is 0 Å². The number of aliphatic hydroxyl groups is 2. The van der Waals surface area contributed by atoms with E-state index in [4.69, 9.17) is 0 Å². The van der Waals surface area contributed by atoms with Crippen LogP contribution in [-0.4, -0.2) is 41.2 Å². The minimum absolute atomic E-state index is 0.0873. The van der Waals surface area contributed by atoms with Crippen LogP contribution in [0.2, 0.25) is 0 Å². The molecule has 0 aliphatic rings. The maximum atomic E-state index is 12.0. The molecule has 21 heavy (non-hydrogen) atoms. The molecule has 1 amide bonds. The van der Waals surface area contributed by atoms with Crippen LogP contribution in [0.4, 0.5) is 13.2 Å². The van der Waals surface area contributed by atoms with Crippen molar-refractivity contribution < 1.29 is 32.9 Å². The number of carbonyl (C=O) groups excluding carboxylic acids is 1. The highest BCUT2D eigenvalue weighted by Crippen LogP contribution is 2.23. The fourth-order valence-electron chi connectivity index (χ4n) is 1.56. The molecule has 0 saturated heterocycles. The monoisotopic (exact) mass is 307 g/mol. The largest absolute Gasteiger partial charge is 0.573 e. The summed E-state index contributed by atoms with van der Waals surface area (Å²) in [6.07, 6.45) is -4.50. The van der Waals surface area contributed by atoms with E-state index >= 15 is 0 Å². The number of benzene rings is 1. The van der Waals surface area contributed by atoms with Crippen LogP contribution in [-0.2, 0) is 0 Å². The van der Waals surface area contributed by atoms with Gasteiger partial charge < -0.3 is 20.3 Å². The van der Waals surface area contributed by atoms with Crippen LogP contribution in [0.5, 0.6) is 5.75 Å². The van der Waals surface area contributed by atoms with Crippen molar-refractivity contribution in [2.75, 3.05) is 13.2 Å². The normalized spacial score (nSPS) is 12.1. The van der Waals surface area contributed by atoms with Gasteiger partial charge in [-0.2, -0.15) is 0 Å². The van der Waals surface area contributed by atoms with Gasteiger partial charge in [-0.25, -0.2) is 0 Å². The van der Waals surface area contributed by atoms with Gasteiger partial charge in [0.1, 0.15) is 5.75 Å². The lowest BCUT2D eigenvalue weighted by Gasteiger charge is -2.29. The molecule has 0 aliphatic heterocycles. The van der Waals surface area contributed by atoms with Gasteiger partial charge in [0.15, 0.2) is 0 Å². The summed E-state index contributed by atoms with van der Waals surface area (Å²) in [4.78, 5) is 11.9. The molecule has 0 atom stereocenters. The predicted molar refractivity (Wildman–Crippen MR) is 67.8 cm³/mol. The summed E-state index contributed by atoms with van der Waals surface area (Å²) >= 11 is 0. The molecular formula is C13H16F3NO4. The number of nitrogens with one attached hydrogen (secondary N) is 1. The molecule has 0 fully saturated rings. The fourth-order valence-corrected chi connectivity index (χ4v) is 1.56. The molecule has 0 heterocycles. The Kier molecular flexibility index (Phi) is 5.56. The van der Waals surface area contributed by atoms with Crippen molar-refractivity contribution in [2.24, 2.45) is 0 Å². The van der Waals surface area contributed by atoms with Crippen molar-refractivity contribution in [1.82, 2.24) is 5.32 Å². The van der Waals surface area contributed by atoms with Crippen LogP contribution in [0.1, 0.15) is 23.7 Å². The maximum absolute atomic E-state index is 12.0. The first kappa shape index (κ1) is 17.3. The SMILES string of the molecule is CCC(CO)(CO)NC(=O)c1ccc(OC(F)(F)F)cc1. The number of ether oxygens (including phenoxy) is 1. The summed E-state index contributed by atoms with van der Waals surface area (Å²) in [6, 6.07) is 4.33. The highest BCUT2D eigenvalue weighted by molar-refractivity contribution is 5.94. The number of halogens is 3. The summed E-state index contributed by atoms with van der Waals surface area (Å²) in [7, 11) is 0. The van der Waals surface area contributed by atoms with Gasteiger partial charge in [0.25, 0.3) is 5.91 Å². The first-order valence-corrected chi connectivity index (χ1v) is 6.15. The van der Waals surface area contributed by atoms with E-state index in [9.17, 15) is 28.2 Å². The average molecular weight is 307 g/mol. The summed E-state index contributed by atoms with van der Waals surface area (Å²) in [5.74, 6) is -1.05. The van der Waals surface area contributed by atoms with Crippen molar-refractivity contribution in [2.45, 2.75) is 25.2 Å². The number of amides is 1. The fraction of sp³-hybridized carbons (Fsp3) is 0.462. The van der Waals surface area contributed by atoms with E-state index in [-0.39, 0.29) is 5.56 Å². The molecule has 118 valence electrons. The van der Waals surface area contributed by atoms with Crippen molar-refractivity contribution in [3.63, 3.8) is 0 Å². The molecule has 0 bridgehead atoms. The molecule has 3 N–H and O–H groups in total. The van der Waals surface area contributed by atoms with Gasteiger partial charge in [0, 0.05) is 5.56 Å². The maximum Gasteiger partial charge on any atom is 0.573 e. The Morgan fingerprint density at radius 2 is 1.71 bits per heavy atom. The molecule has 0 spiro atoms. The number of rotatable bonds is 6. The zero-order valence-corrected chi connectivity index (χ0v) is 11.3. The third-order valence-electron chi connectivity index (χ3n) is 3.01. The van der Waals surface area contributed by atoms with Crippen LogP contribution in [0, 0.1) is 0 Å². The molecule has 1 aromatic rings. The van der Waals surface area contributed by atoms with E-state index < -0.39 is 36.8 Å². The number of alkyl halides is 3. The van der Waals surface area contributed by atoms with E-state index in [1.807, 2.05) is 0 Å². The molecule has 5 nitrogen and oxygen atoms in total. The number of hydrogen-bond donors (Lipinski definition) is 3. The van der Waals surface area contributed by atoms with Gasteiger partial charge in [0.2, 0.25) is 0 Å². The molecule has 1 rings (SSSR count). The van der Waals surface area contributed by atoms with Crippen LogP contribution in [0.3, 0.4) is 0 Å². The van der Waals surface area contributed by atoms with Gasteiger partial charge in [-0.15, -0.1) is 13.2 Å². The van der Waals surface area contributed by atoms with Gasteiger partial charge >= 0.3 is 6.36 Å². The van der Waals surface area contributed by atoms with Gasteiger partial charge in [-0.1, -0.05) is 6.92 Å². The van der Waals surface area contributed by atoms with E-state index in [1.165, 1.54) is 0 Å². The summed E-state index contributed by atoms with van der Waals surface area (Å²) < 4.78 is 39.7. The molecule has 0 aliphatic carbocycles. The summed E-state index contributed by atoms with van der Waals surface area (Å²) in [6.45, 7) is 0.759. The Labute approximate surface area is 119 Å². The molecular weight excluding hydrogens is 291 g/mol. The Morgan fingerprint density at radius 1 is 1.19 bits per heavy atom. The first-order chi connectivity index (χ1) is 9.75. The quantitative estimate of drug-likeness (QED) is 0.743. The molecule has 0 saturated carbocycles. The highest BCUT2D eigenvalue weighted by Gasteiger charge is 2.31. The highest BCUT2D eigenvalue weighted by atomic mass is 19.4. The number of carbonyl (C=O) groups is 1. The second-order valence-corrected chi connectivity index (χ2v) is 4.48. The Morgan fingerprint density at radius 3 is 2.10 bits per heavy atom. The van der Waals surface area contributed by atoms with E-state index in [1.54, 1.807) is 6.92 Å². The van der Waals surface area contributed by atoms with Gasteiger partial charge in [0.05, 0.1) is 18.8 Å². The molecule has 0 aromatic heterocycles. The van der Waals surface area contributed by atoms with Crippen molar-refractivity contribution in [3.05, 3.63) is 29.8 Å². The van der Waals surface area contributed by atoms with Crippen LogP contribution in [0.15, 0.2) is 24.3 Å². The Balaban J connectivity index is 2.80. The lowest BCUT2D eigenvalue weighted by atomic mass is 9.98. The minimum atomic E-state index is -4.80. The smallest absolute Gasteiger partial charge is 0.406 e. The Bertz CT molecular complexity index is 461. The topological polar surface area (TPSA) is 78.8 Å². The van der Waals surface area contributed by atoms with E-state index in [2.05, 4.69) is 10.1 Å². The van der Waals surface area contributed by atoms with Crippen LogP contribution in [0.25, 0.3) is 0 Å². The van der Waals surface area contributed by atoms with Gasteiger partial charge in [-0.05, 0) is 30.7 Å². The lowest BCUT2D eigenvalue weighted by Crippen LogP contribution is -2.53. The Hall–Kier alpha value is -1.80. The number of hydrogen-bond acceptors (Lipinski definition) is 4. The molecule has 0 radical (unpaired) electrons. The average Bonchev–Trinajstić information content (AvgIpc) is 2.44. The summed E-state index contributed by atoms with van der Waals surface area (Å²) in [5, 5.41) is 20.9. The standard InChI is InChI=1S/C13H16F3NO4/c1-2-12(7-18,8-19)17-11(20)9-3-5-10(6-4-9)21-13(14,15)16/h3-6,18-19H,2,7-8H2,1H3,(H,17,20). The first-order valence-electron chi connectivity index (χ1n) is 6.15. The second kappa shape index (κ2) is 6.77. The number of aliphatic hydroxyl groups excluding tert-OH is 2.